The van der Waals surface area contributed by atoms with E-state index in [2.05, 4.69) is 17.0 Å². The normalized spacial score (nSPS) is 16.5. The lowest BCUT2D eigenvalue weighted by Gasteiger charge is -2.32. The molecule has 0 atom stereocenters. The van der Waals surface area contributed by atoms with E-state index >= 15 is 0 Å². The van der Waals surface area contributed by atoms with E-state index in [1.807, 2.05) is 0 Å². The first-order chi connectivity index (χ1) is 11.0. The number of rotatable bonds is 7. The van der Waals surface area contributed by atoms with Crippen molar-refractivity contribution in [1.29, 1.82) is 0 Å². The summed E-state index contributed by atoms with van der Waals surface area (Å²) in [4.78, 5) is 13.8. The molecule has 0 unspecified atom stereocenters. The molecular formula is C15H25N3O3S2. The van der Waals surface area contributed by atoms with Gasteiger partial charge in [0.2, 0.25) is 10.0 Å². The summed E-state index contributed by atoms with van der Waals surface area (Å²) in [5, 5.41) is 4.67. The number of likely N-dealkylation sites (tertiary alicyclic amines) is 1. The second-order valence-corrected chi connectivity index (χ2v) is 8.64. The molecule has 0 spiro atoms. The number of piperidine rings is 1. The first-order valence-electron chi connectivity index (χ1n) is 8.11. The summed E-state index contributed by atoms with van der Waals surface area (Å²) in [6.07, 6.45) is 4.54. The van der Waals surface area contributed by atoms with E-state index in [1.165, 1.54) is 11.3 Å². The molecule has 1 fully saturated rings. The fourth-order valence-corrected chi connectivity index (χ4v) is 4.89. The predicted molar refractivity (Wildman–Crippen MR) is 92.2 cm³/mol. The zero-order chi connectivity index (χ0) is 16.7. The van der Waals surface area contributed by atoms with E-state index in [9.17, 15) is 13.2 Å². The van der Waals surface area contributed by atoms with Crippen LogP contribution in [0.4, 0.5) is 4.79 Å². The summed E-state index contributed by atoms with van der Waals surface area (Å²) < 4.78 is 27.5. The molecular weight excluding hydrogens is 334 g/mol. The highest BCUT2D eigenvalue weighted by Gasteiger charge is 2.26. The van der Waals surface area contributed by atoms with Crippen LogP contribution in [0, 0.1) is 0 Å². The lowest BCUT2D eigenvalue weighted by Crippen LogP contribution is -2.49. The van der Waals surface area contributed by atoms with Gasteiger partial charge in [0.25, 0.3) is 0 Å². The Morgan fingerprint density at radius 1 is 1.35 bits per heavy atom. The molecule has 1 aliphatic heterocycles. The van der Waals surface area contributed by atoms with E-state index < -0.39 is 10.0 Å². The van der Waals surface area contributed by atoms with Crippen molar-refractivity contribution in [1.82, 2.24) is 14.9 Å². The summed E-state index contributed by atoms with van der Waals surface area (Å²) in [5.41, 5.74) is 0. The molecule has 2 heterocycles. The average Bonchev–Trinajstić information content (AvgIpc) is 3.07. The van der Waals surface area contributed by atoms with Gasteiger partial charge in [-0.1, -0.05) is 25.8 Å². The maximum absolute atomic E-state index is 12.2. The number of nitrogens with one attached hydrogen (secondary N) is 2. The molecule has 1 aromatic rings. The predicted octanol–water partition coefficient (Wildman–Crippen LogP) is 2.39. The van der Waals surface area contributed by atoms with Gasteiger partial charge in [0.1, 0.15) is 4.21 Å². The summed E-state index contributed by atoms with van der Waals surface area (Å²) in [5.74, 6) is 0. The summed E-state index contributed by atoms with van der Waals surface area (Å²) in [6, 6.07) is 3.18. The molecule has 8 heteroatoms. The van der Waals surface area contributed by atoms with Gasteiger partial charge in [-0.2, -0.15) is 0 Å². The van der Waals surface area contributed by atoms with Crippen molar-refractivity contribution in [2.75, 3.05) is 19.6 Å². The van der Waals surface area contributed by atoms with Crippen molar-refractivity contribution in [3.8, 4) is 0 Å². The molecule has 0 aromatic carbocycles. The van der Waals surface area contributed by atoms with Crippen LogP contribution in [0.25, 0.3) is 0 Å². The first kappa shape index (κ1) is 18.2. The third-order valence-electron chi connectivity index (χ3n) is 3.92. The molecule has 2 rings (SSSR count). The number of sulfonamides is 1. The number of thiophene rings is 1. The number of nitrogens with zero attached hydrogens (tertiary/aromatic N) is 1. The Balaban J connectivity index is 1.74. The van der Waals surface area contributed by atoms with Crippen LogP contribution < -0.4 is 10.0 Å². The molecule has 2 N–H and O–H groups in total. The van der Waals surface area contributed by atoms with Crippen LogP contribution in [-0.4, -0.2) is 45.0 Å². The Morgan fingerprint density at radius 3 is 2.70 bits per heavy atom. The second kappa shape index (κ2) is 8.65. The number of carbonyl (C=O) groups is 1. The van der Waals surface area contributed by atoms with Crippen LogP contribution in [0.15, 0.2) is 21.7 Å². The standard InChI is InChI=1S/C15H25N3O3S2/c1-2-3-4-9-16-15(19)18-10-7-13(8-11-18)17-23(20,21)14-6-5-12-22-14/h5-6,12-13,17H,2-4,7-11H2,1H3,(H,16,19). The van der Waals surface area contributed by atoms with Gasteiger partial charge < -0.3 is 10.2 Å². The fourth-order valence-electron chi connectivity index (χ4n) is 2.58. The largest absolute Gasteiger partial charge is 0.338 e. The Hall–Kier alpha value is -1.12. The van der Waals surface area contributed by atoms with Crippen LogP contribution in [0.5, 0.6) is 0 Å². The summed E-state index contributed by atoms with van der Waals surface area (Å²) in [6.45, 7) is 4.00. The van der Waals surface area contributed by atoms with Gasteiger partial charge in [-0.05, 0) is 30.7 Å². The van der Waals surface area contributed by atoms with Crippen molar-refractivity contribution >= 4 is 27.4 Å². The van der Waals surface area contributed by atoms with Crippen LogP contribution >= 0.6 is 11.3 Å². The quantitative estimate of drug-likeness (QED) is 0.734. The number of hydrogen-bond acceptors (Lipinski definition) is 4. The monoisotopic (exact) mass is 359 g/mol. The van der Waals surface area contributed by atoms with Gasteiger partial charge in [0.05, 0.1) is 0 Å². The van der Waals surface area contributed by atoms with Gasteiger partial charge in [0.15, 0.2) is 0 Å². The molecule has 23 heavy (non-hydrogen) atoms. The highest BCUT2D eigenvalue weighted by atomic mass is 32.2. The smallest absolute Gasteiger partial charge is 0.317 e. The number of amides is 2. The van der Waals surface area contributed by atoms with E-state index in [-0.39, 0.29) is 12.1 Å². The van der Waals surface area contributed by atoms with Crippen LogP contribution in [0.2, 0.25) is 0 Å². The molecule has 1 aromatic heterocycles. The van der Waals surface area contributed by atoms with E-state index in [0.717, 1.165) is 19.3 Å². The van der Waals surface area contributed by atoms with Gasteiger partial charge in [-0.25, -0.2) is 17.9 Å². The van der Waals surface area contributed by atoms with Gasteiger partial charge in [-0.3, -0.25) is 0 Å². The molecule has 6 nitrogen and oxygen atoms in total. The summed E-state index contributed by atoms with van der Waals surface area (Å²) >= 11 is 1.21. The van der Waals surface area contributed by atoms with Crippen molar-refractivity contribution < 1.29 is 13.2 Å². The Morgan fingerprint density at radius 2 is 2.09 bits per heavy atom. The number of hydrogen-bond donors (Lipinski definition) is 2. The molecule has 1 saturated heterocycles. The SMILES string of the molecule is CCCCCNC(=O)N1CCC(NS(=O)(=O)c2cccs2)CC1. The van der Waals surface area contributed by atoms with Crippen molar-refractivity contribution in [3.05, 3.63) is 17.5 Å². The lowest BCUT2D eigenvalue weighted by molar-refractivity contribution is 0.180. The molecule has 2 amide bonds. The van der Waals surface area contributed by atoms with Crippen LogP contribution in [-0.2, 0) is 10.0 Å². The highest BCUT2D eigenvalue weighted by molar-refractivity contribution is 7.91. The number of urea groups is 1. The maximum Gasteiger partial charge on any atom is 0.317 e. The third-order valence-corrected chi connectivity index (χ3v) is 6.84. The van der Waals surface area contributed by atoms with Gasteiger partial charge in [-0.15, -0.1) is 11.3 Å². The van der Waals surface area contributed by atoms with Gasteiger partial charge in [0, 0.05) is 25.7 Å². The number of unbranched alkanes of at least 4 members (excludes halogenated alkanes) is 2. The molecule has 0 saturated carbocycles. The topological polar surface area (TPSA) is 78.5 Å². The molecule has 0 aliphatic carbocycles. The molecule has 130 valence electrons. The van der Waals surface area contributed by atoms with Crippen molar-refractivity contribution in [2.24, 2.45) is 0 Å². The minimum atomic E-state index is -3.43. The first-order valence-corrected chi connectivity index (χ1v) is 10.5. The molecule has 0 bridgehead atoms. The minimum Gasteiger partial charge on any atom is -0.338 e. The average molecular weight is 360 g/mol. The van der Waals surface area contributed by atoms with E-state index in [1.54, 1.807) is 22.4 Å². The second-order valence-electron chi connectivity index (χ2n) is 5.75. The molecule has 1 aliphatic rings. The highest BCUT2D eigenvalue weighted by Crippen LogP contribution is 2.18. The summed E-state index contributed by atoms with van der Waals surface area (Å²) in [7, 11) is -3.43. The Labute approximate surface area is 142 Å². The van der Waals surface area contributed by atoms with Crippen LogP contribution in [0.1, 0.15) is 39.0 Å². The zero-order valence-corrected chi connectivity index (χ0v) is 15.1. The minimum absolute atomic E-state index is 0.0410. The van der Waals surface area contributed by atoms with E-state index in [0.29, 0.717) is 36.7 Å². The fraction of sp³-hybridized carbons (Fsp3) is 0.667. The molecule has 0 radical (unpaired) electrons. The Kier molecular flexibility index (Phi) is 6.86. The van der Waals surface area contributed by atoms with Crippen LogP contribution in [0.3, 0.4) is 0 Å². The lowest BCUT2D eigenvalue weighted by atomic mass is 10.1. The van der Waals surface area contributed by atoms with Crippen molar-refractivity contribution in [3.63, 3.8) is 0 Å². The van der Waals surface area contributed by atoms with Crippen molar-refractivity contribution in [2.45, 2.75) is 49.3 Å². The number of carbonyl (C=O) groups excluding carboxylic acids is 1. The van der Waals surface area contributed by atoms with E-state index in [4.69, 9.17) is 0 Å². The maximum atomic E-state index is 12.2. The Bertz CT molecular complexity index is 579. The third kappa shape index (κ3) is 5.47. The zero-order valence-electron chi connectivity index (χ0n) is 13.5. The van der Waals surface area contributed by atoms with Gasteiger partial charge >= 0.3 is 6.03 Å².